The van der Waals surface area contributed by atoms with E-state index in [0.717, 1.165) is 5.39 Å². The number of hydrogen-bond donors (Lipinski definition) is 1. The molecule has 0 bridgehead atoms. The highest BCUT2D eigenvalue weighted by Gasteiger charge is 2.40. The van der Waals surface area contributed by atoms with Gasteiger partial charge in [0, 0.05) is 11.1 Å². The SMILES string of the molecule is COc1ccc(NC(=O)[C@H](C)N2c3cccc4cccc(c34)S2(=O)=O)cc1. The second-order valence-electron chi connectivity index (χ2n) is 6.33. The maximum Gasteiger partial charge on any atom is 0.265 e. The van der Waals surface area contributed by atoms with Gasteiger partial charge in [-0.1, -0.05) is 24.3 Å². The van der Waals surface area contributed by atoms with Gasteiger partial charge >= 0.3 is 0 Å². The van der Waals surface area contributed by atoms with Gasteiger partial charge in [0.05, 0.1) is 17.7 Å². The minimum atomic E-state index is -3.79. The standard InChI is InChI=1S/C20H18N2O4S/c1-13(20(23)21-15-9-11-16(26-2)12-10-15)22-17-7-3-5-14-6-4-8-18(19(14)17)27(22,24)25/h3-13H,1-2H3,(H,21,23)/t13-/m0/s1. The predicted molar refractivity (Wildman–Crippen MR) is 105 cm³/mol. The summed E-state index contributed by atoms with van der Waals surface area (Å²) in [5.41, 5.74) is 1.10. The zero-order valence-electron chi connectivity index (χ0n) is 14.8. The quantitative estimate of drug-likeness (QED) is 0.751. The van der Waals surface area contributed by atoms with E-state index in [1.54, 1.807) is 62.6 Å². The predicted octanol–water partition coefficient (Wildman–Crippen LogP) is 3.38. The molecule has 0 aromatic heterocycles. The molecule has 3 aromatic rings. The number of ether oxygens (including phenoxy) is 1. The molecule has 0 aliphatic carbocycles. The van der Waals surface area contributed by atoms with E-state index in [1.807, 2.05) is 12.1 Å². The topological polar surface area (TPSA) is 75.7 Å². The van der Waals surface area contributed by atoms with Crippen LogP contribution in [0.25, 0.3) is 10.8 Å². The molecular weight excluding hydrogens is 364 g/mol. The molecule has 0 radical (unpaired) electrons. The van der Waals surface area contributed by atoms with E-state index in [9.17, 15) is 13.2 Å². The third-order valence-corrected chi connectivity index (χ3v) is 6.63. The number of carbonyl (C=O) groups is 1. The molecule has 138 valence electrons. The van der Waals surface area contributed by atoms with Crippen LogP contribution in [0.15, 0.2) is 65.6 Å². The number of hydrogen-bond acceptors (Lipinski definition) is 4. The molecule has 1 amide bonds. The zero-order chi connectivity index (χ0) is 19.2. The summed E-state index contributed by atoms with van der Waals surface area (Å²) in [5.74, 6) is 0.263. The van der Waals surface area contributed by atoms with Crippen molar-refractivity contribution in [1.82, 2.24) is 0 Å². The Hall–Kier alpha value is -3.06. The Bertz CT molecular complexity index is 1140. The Morgan fingerprint density at radius 3 is 2.37 bits per heavy atom. The lowest BCUT2D eigenvalue weighted by atomic mass is 10.1. The molecule has 1 aliphatic heterocycles. The summed E-state index contributed by atoms with van der Waals surface area (Å²) in [6, 6.07) is 16.5. The summed E-state index contributed by atoms with van der Waals surface area (Å²) in [5, 5.41) is 4.25. The lowest BCUT2D eigenvalue weighted by molar-refractivity contribution is -0.116. The number of nitrogens with one attached hydrogen (secondary N) is 1. The van der Waals surface area contributed by atoms with E-state index in [-0.39, 0.29) is 4.90 Å². The molecule has 7 heteroatoms. The lowest BCUT2D eigenvalue weighted by Gasteiger charge is -2.25. The highest BCUT2D eigenvalue weighted by Crippen LogP contribution is 2.43. The zero-order valence-corrected chi connectivity index (χ0v) is 15.7. The van der Waals surface area contributed by atoms with Crippen LogP contribution in [0, 0.1) is 0 Å². The van der Waals surface area contributed by atoms with Crippen LogP contribution < -0.4 is 14.4 Å². The lowest BCUT2D eigenvalue weighted by Crippen LogP contribution is -2.43. The molecule has 0 unspecified atom stereocenters. The van der Waals surface area contributed by atoms with Gasteiger partial charge < -0.3 is 10.1 Å². The van der Waals surface area contributed by atoms with Crippen molar-refractivity contribution >= 4 is 38.1 Å². The van der Waals surface area contributed by atoms with Crippen LogP contribution in [-0.4, -0.2) is 27.5 Å². The van der Waals surface area contributed by atoms with Crippen LogP contribution in [0.4, 0.5) is 11.4 Å². The number of sulfonamides is 1. The van der Waals surface area contributed by atoms with Crippen molar-refractivity contribution in [2.75, 3.05) is 16.7 Å². The van der Waals surface area contributed by atoms with Crippen molar-refractivity contribution in [3.63, 3.8) is 0 Å². The number of anilines is 2. The monoisotopic (exact) mass is 382 g/mol. The van der Waals surface area contributed by atoms with Gasteiger partial charge in [-0.25, -0.2) is 8.42 Å². The number of carbonyl (C=O) groups excluding carboxylic acids is 1. The Labute approximate surface area is 157 Å². The summed E-state index contributed by atoms with van der Waals surface area (Å²) in [6.45, 7) is 1.58. The van der Waals surface area contributed by atoms with Crippen molar-refractivity contribution in [3.05, 3.63) is 60.7 Å². The molecule has 0 fully saturated rings. The summed E-state index contributed by atoms with van der Waals surface area (Å²) in [4.78, 5) is 13.0. The van der Waals surface area contributed by atoms with Gasteiger partial charge in [-0.2, -0.15) is 0 Å². The number of rotatable bonds is 4. The van der Waals surface area contributed by atoms with Crippen molar-refractivity contribution in [2.45, 2.75) is 17.9 Å². The molecule has 0 saturated carbocycles. The van der Waals surface area contributed by atoms with E-state index in [4.69, 9.17) is 4.74 Å². The van der Waals surface area contributed by atoms with E-state index >= 15 is 0 Å². The van der Waals surface area contributed by atoms with Crippen LogP contribution in [0.1, 0.15) is 6.92 Å². The Balaban J connectivity index is 1.68. The van der Waals surface area contributed by atoms with Gasteiger partial charge in [0.2, 0.25) is 5.91 Å². The first-order chi connectivity index (χ1) is 12.9. The van der Waals surface area contributed by atoms with Gasteiger partial charge in [0.25, 0.3) is 10.0 Å². The largest absolute Gasteiger partial charge is 0.497 e. The van der Waals surface area contributed by atoms with Crippen LogP contribution in [0.2, 0.25) is 0 Å². The normalized spacial score (nSPS) is 15.6. The van der Waals surface area contributed by atoms with Crippen molar-refractivity contribution in [2.24, 2.45) is 0 Å². The van der Waals surface area contributed by atoms with Gasteiger partial charge in [-0.15, -0.1) is 0 Å². The molecule has 1 heterocycles. The average molecular weight is 382 g/mol. The molecule has 4 rings (SSSR count). The van der Waals surface area contributed by atoms with E-state index < -0.39 is 22.0 Å². The number of nitrogens with zero attached hydrogens (tertiary/aromatic N) is 1. The van der Waals surface area contributed by atoms with Crippen molar-refractivity contribution < 1.29 is 17.9 Å². The van der Waals surface area contributed by atoms with Crippen LogP contribution >= 0.6 is 0 Å². The third kappa shape index (κ3) is 2.71. The Morgan fingerprint density at radius 2 is 1.70 bits per heavy atom. The van der Waals surface area contributed by atoms with Gasteiger partial charge in [0.1, 0.15) is 11.8 Å². The Kier molecular flexibility index (Phi) is 4.04. The van der Waals surface area contributed by atoms with Crippen LogP contribution in [0.3, 0.4) is 0 Å². The Morgan fingerprint density at radius 1 is 1.04 bits per heavy atom. The first-order valence-electron chi connectivity index (χ1n) is 8.44. The van der Waals surface area contributed by atoms with Crippen LogP contribution in [-0.2, 0) is 14.8 Å². The molecular formula is C20H18N2O4S. The molecule has 1 N–H and O–H groups in total. The number of benzene rings is 3. The fraction of sp³-hybridized carbons (Fsp3) is 0.150. The summed E-state index contributed by atoms with van der Waals surface area (Å²) < 4.78 is 32.4. The van der Waals surface area contributed by atoms with Crippen molar-refractivity contribution in [1.29, 1.82) is 0 Å². The minimum absolute atomic E-state index is 0.236. The molecule has 27 heavy (non-hydrogen) atoms. The van der Waals surface area contributed by atoms with Gasteiger partial charge in [-0.05, 0) is 48.7 Å². The summed E-state index contributed by atoms with van der Waals surface area (Å²) >= 11 is 0. The molecule has 1 atom stereocenters. The van der Waals surface area contributed by atoms with E-state index in [0.29, 0.717) is 22.5 Å². The second kappa shape index (κ2) is 6.28. The fourth-order valence-electron chi connectivity index (χ4n) is 3.37. The maximum absolute atomic E-state index is 13.1. The molecule has 6 nitrogen and oxygen atoms in total. The van der Waals surface area contributed by atoms with E-state index in [2.05, 4.69) is 5.32 Å². The van der Waals surface area contributed by atoms with Crippen LogP contribution in [0.5, 0.6) is 5.75 Å². The first-order valence-corrected chi connectivity index (χ1v) is 9.88. The molecule has 0 saturated heterocycles. The van der Waals surface area contributed by atoms with Gasteiger partial charge in [0.15, 0.2) is 0 Å². The third-order valence-electron chi connectivity index (χ3n) is 4.71. The summed E-state index contributed by atoms with van der Waals surface area (Å²) in [7, 11) is -2.23. The van der Waals surface area contributed by atoms with Gasteiger partial charge in [-0.3, -0.25) is 9.10 Å². The highest BCUT2D eigenvalue weighted by atomic mass is 32.2. The first kappa shape index (κ1) is 17.4. The maximum atomic E-state index is 13.1. The number of methoxy groups -OCH3 is 1. The van der Waals surface area contributed by atoms with E-state index in [1.165, 1.54) is 4.31 Å². The molecule has 1 aliphatic rings. The summed E-state index contributed by atoms with van der Waals surface area (Å²) in [6.07, 6.45) is 0. The van der Waals surface area contributed by atoms with Crippen molar-refractivity contribution in [3.8, 4) is 5.75 Å². The smallest absolute Gasteiger partial charge is 0.265 e. The molecule has 0 spiro atoms. The fourth-order valence-corrected chi connectivity index (χ4v) is 5.23. The minimum Gasteiger partial charge on any atom is -0.497 e. The number of amides is 1. The average Bonchev–Trinajstić information content (AvgIpc) is 2.90. The highest BCUT2D eigenvalue weighted by molar-refractivity contribution is 7.93. The second-order valence-corrected chi connectivity index (χ2v) is 8.11. The molecule has 3 aromatic carbocycles.